The normalized spacial score (nSPS) is 34.4. The van der Waals surface area contributed by atoms with Crippen LogP contribution in [-0.2, 0) is 9.53 Å². The van der Waals surface area contributed by atoms with Crippen LogP contribution in [0.2, 0.25) is 0 Å². The lowest BCUT2D eigenvalue weighted by Crippen LogP contribution is -2.42. The molecule has 2 aliphatic heterocycles. The first-order valence-electron chi connectivity index (χ1n) is 6.50. The number of carbonyl (C=O) groups is 1. The van der Waals surface area contributed by atoms with Gasteiger partial charge in [0.1, 0.15) is 5.78 Å². The fourth-order valence-electron chi connectivity index (χ4n) is 2.72. The summed E-state index contributed by atoms with van der Waals surface area (Å²) in [5.74, 6) is 3.08. The van der Waals surface area contributed by atoms with Gasteiger partial charge in [-0.15, -0.1) is 0 Å². The minimum Gasteiger partial charge on any atom is -0.374 e. The van der Waals surface area contributed by atoms with E-state index in [0.717, 1.165) is 50.9 Å². The molecule has 2 rings (SSSR count). The Morgan fingerprint density at radius 3 is 3.12 bits per heavy atom. The maximum absolute atomic E-state index is 12.0. The van der Waals surface area contributed by atoms with Gasteiger partial charge in [0, 0.05) is 24.7 Å². The molecule has 0 amide bonds. The van der Waals surface area contributed by atoms with Crippen LogP contribution in [0.25, 0.3) is 0 Å². The van der Waals surface area contributed by atoms with Crippen LogP contribution in [0.3, 0.4) is 0 Å². The zero-order chi connectivity index (χ0) is 11.4. The van der Waals surface area contributed by atoms with Crippen molar-refractivity contribution in [2.45, 2.75) is 51.0 Å². The Labute approximate surface area is 103 Å². The molecule has 16 heavy (non-hydrogen) atoms. The lowest BCUT2D eigenvalue weighted by atomic mass is 9.82. The highest BCUT2D eigenvalue weighted by molar-refractivity contribution is 7.99. The van der Waals surface area contributed by atoms with E-state index in [1.807, 2.05) is 11.8 Å². The molecule has 92 valence electrons. The Balaban J connectivity index is 1.88. The van der Waals surface area contributed by atoms with Crippen LogP contribution in [0, 0.1) is 5.92 Å². The molecule has 2 fully saturated rings. The van der Waals surface area contributed by atoms with E-state index in [4.69, 9.17) is 4.74 Å². The highest BCUT2D eigenvalue weighted by atomic mass is 32.2. The number of unbranched alkanes of at least 4 members (excludes halogenated alkanes) is 1. The molecular weight excluding hydrogens is 220 g/mol. The topological polar surface area (TPSA) is 26.3 Å². The van der Waals surface area contributed by atoms with Crippen LogP contribution in [0.4, 0.5) is 0 Å². The summed E-state index contributed by atoms with van der Waals surface area (Å²) in [7, 11) is 0. The summed E-state index contributed by atoms with van der Waals surface area (Å²) >= 11 is 1.97. The molecule has 2 heterocycles. The third kappa shape index (κ3) is 2.80. The Kier molecular flexibility index (Phi) is 4.31. The van der Waals surface area contributed by atoms with E-state index in [1.165, 1.54) is 5.75 Å². The molecule has 2 aliphatic rings. The molecule has 0 saturated carbocycles. The maximum Gasteiger partial charge on any atom is 0.136 e. The van der Waals surface area contributed by atoms with Crippen LogP contribution in [0.1, 0.15) is 45.4 Å². The van der Waals surface area contributed by atoms with E-state index < -0.39 is 0 Å². The highest BCUT2D eigenvalue weighted by Crippen LogP contribution is 2.40. The first-order valence-corrected chi connectivity index (χ1v) is 7.66. The molecule has 0 aromatic rings. The first kappa shape index (κ1) is 12.4. The third-order valence-corrected chi connectivity index (χ3v) is 5.02. The number of rotatable bonds is 4. The summed E-state index contributed by atoms with van der Waals surface area (Å²) in [6.07, 6.45) is 6.05. The third-order valence-electron chi connectivity index (χ3n) is 3.79. The number of carbonyl (C=O) groups excluding carboxylic acids is 1. The summed E-state index contributed by atoms with van der Waals surface area (Å²) in [6.45, 7) is 2.94. The predicted molar refractivity (Wildman–Crippen MR) is 67.9 cm³/mol. The van der Waals surface area contributed by atoms with Crippen molar-refractivity contribution in [2.75, 3.05) is 18.1 Å². The van der Waals surface area contributed by atoms with Crippen LogP contribution in [0.15, 0.2) is 0 Å². The predicted octanol–water partition coefficient (Wildman–Crippen LogP) is 3.05. The second-order valence-electron chi connectivity index (χ2n) is 5.09. The summed E-state index contributed by atoms with van der Waals surface area (Å²) in [6, 6.07) is 0. The van der Waals surface area contributed by atoms with Crippen LogP contribution < -0.4 is 0 Å². The van der Waals surface area contributed by atoms with Crippen molar-refractivity contribution in [1.29, 1.82) is 0 Å². The molecule has 0 radical (unpaired) electrons. The number of Topliss-reactive ketones (excluding diaryl/α,β-unsaturated/α-hetero) is 1. The molecule has 2 atom stereocenters. The fourth-order valence-corrected chi connectivity index (χ4v) is 4.10. The molecule has 0 aliphatic carbocycles. The molecule has 3 heteroatoms. The van der Waals surface area contributed by atoms with Crippen molar-refractivity contribution in [3.8, 4) is 0 Å². The molecule has 1 spiro atoms. The van der Waals surface area contributed by atoms with Gasteiger partial charge in [-0.3, -0.25) is 4.79 Å². The summed E-state index contributed by atoms with van der Waals surface area (Å²) in [4.78, 5) is 12.0. The molecule has 0 bridgehead atoms. The van der Waals surface area contributed by atoms with Crippen LogP contribution in [-0.4, -0.2) is 29.5 Å². The number of hydrogen-bond donors (Lipinski definition) is 0. The summed E-state index contributed by atoms with van der Waals surface area (Å²) in [5.41, 5.74) is 0.0649. The van der Waals surface area contributed by atoms with Crippen molar-refractivity contribution >= 4 is 17.5 Å². The van der Waals surface area contributed by atoms with Crippen molar-refractivity contribution < 1.29 is 9.53 Å². The number of hydrogen-bond acceptors (Lipinski definition) is 3. The van der Waals surface area contributed by atoms with E-state index in [2.05, 4.69) is 6.92 Å². The van der Waals surface area contributed by atoms with Gasteiger partial charge in [0.15, 0.2) is 0 Å². The summed E-state index contributed by atoms with van der Waals surface area (Å²) < 4.78 is 5.94. The molecular formula is C13H22O2S. The monoisotopic (exact) mass is 242 g/mol. The van der Waals surface area contributed by atoms with Crippen molar-refractivity contribution in [1.82, 2.24) is 0 Å². The number of ether oxygens (including phenoxy) is 1. The first-order chi connectivity index (χ1) is 7.76. The van der Waals surface area contributed by atoms with E-state index in [-0.39, 0.29) is 5.60 Å². The zero-order valence-corrected chi connectivity index (χ0v) is 11.0. The Morgan fingerprint density at radius 2 is 2.44 bits per heavy atom. The Hall–Kier alpha value is -0.0200. The van der Waals surface area contributed by atoms with Gasteiger partial charge in [-0.05, 0) is 31.4 Å². The number of ketones is 1. The zero-order valence-electron chi connectivity index (χ0n) is 10.2. The second kappa shape index (κ2) is 5.54. The van der Waals surface area contributed by atoms with Gasteiger partial charge >= 0.3 is 0 Å². The Morgan fingerprint density at radius 1 is 1.56 bits per heavy atom. The summed E-state index contributed by atoms with van der Waals surface area (Å²) in [5, 5.41) is 0. The largest absolute Gasteiger partial charge is 0.374 e. The smallest absolute Gasteiger partial charge is 0.136 e. The minimum atomic E-state index is 0.0649. The van der Waals surface area contributed by atoms with Gasteiger partial charge in [-0.1, -0.05) is 13.3 Å². The van der Waals surface area contributed by atoms with Crippen LogP contribution in [0.5, 0.6) is 0 Å². The van der Waals surface area contributed by atoms with Gasteiger partial charge < -0.3 is 4.74 Å². The standard InChI is InChI=1S/C13H22O2S/c1-2-3-4-12(14)11-5-7-15-13(9-11)6-8-16-10-13/h11H,2-10H2,1H3. The van der Waals surface area contributed by atoms with Gasteiger partial charge in [-0.25, -0.2) is 0 Å². The lowest BCUT2D eigenvalue weighted by Gasteiger charge is -2.37. The van der Waals surface area contributed by atoms with E-state index in [0.29, 0.717) is 11.7 Å². The maximum atomic E-state index is 12.0. The van der Waals surface area contributed by atoms with Gasteiger partial charge in [-0.2, -0.15) is 11.8 Å². The molecule has 0 aromatic heterocycles. The highest BCUT2D eigenvalue weighted by Gasteiger charge is 2.41. The quantitative estimate of drug-likeness (QED) is 0.758. The molecule has 0 N–H and O–H groups in total. The SMILES string of the molecule is CCCCC(=O)C1CCOC2(CCSC2)C1. The van der Waals surface area contributed by atoms with Gasteiger partial charge in [0.05, 0.1) is 5.60 Å². The average molecular weight is 242 g/mol. The molecule has 2 saturated heterocycles. The van der Waals surface area contributed by atoms with E-state index >= 15 is 0 Å². The fraction of sp³-hybridized carbons (Fsp3) is 0.923. The van der Waals surface area contributed by atoms with Crippen molar-refractivity contribution in [2.24, 2.45) is 5.92 Å². The van der Waals surface area contributed by atoms with Gasteiger partial charge in [0.25, 0.3) is 0 Å². The minimum absolute atomic E-state index is 0.0649. The second-order valence-corrected chi connectivity index (χ2v) is 6.20. The van der Waals surface area contributed by atoms with E-state index in [9.17, 15) is 4.79 Å². The van der Waals surface area contributed by atoms with Gasteiger partial charge in [0.2, 0.25) is 0 Å². The Bertz CT molecular complexity index is 246. The number of thioether (sulfide) groups is 1. The molecule has 2 nitrogen and oxygen atoms in total. The van der Waals surface area contributed by atoms with Crippen molar-refractivity contribution in [3.63, 3.8) is 0 Å². The average Bonchev–Trinajstić information content (AvgIpc) is 2.74. The molecule has 0 aromatic carbocycles. The van der Waals surface area contributed by atoms with Crippen molar-refractivity contribution in [3.05, 3.63) is 0 Å². The van der Waals surface area contributed by atoms with Crippen LogP contribution >= 0.6 is 11.8 Å². The lowest BCUT2D eigenvalue weighted by molar-refractivity contribution is -0.134. The van der Waals surface area contributed by atoms with E-state index in [1.54, 1.807) is 0 Å². The molecule has 2 unspecified atom stereocenters.